The second kappa shape index (κ2) is 7.65. The Labute approximate surface area is 130 Å². The molecule has 0 spiro atoms. The molecule has 8 heteroatoms. The van der Waals surface area contributed by atoms with Crippen LogP contribution in [0.1, 0.15) is 5.56 Å². The molecule has 0 bridgehead atoms. The zero-order chi connectivity index (χ0) is 15.2. The highest BCUT2D eigenvalue weighted by atomic mass is 35.5. The van der Waals surface area contributed by atoms with E-state index in [0.717, 1.165) is 5.56 Å². The standard InChI is InChI=1S/C13H16ClN3O3S/c1-21(19)13-15-9-17(16-13)6-11(18)8-20-7-10-4-2-3-5-12(10)14/h2-5,9,11,18H,6-8H2,1H3/t11-,21+/m1/s1. The highest BCUT2D eigenvalue weighted by Gasteiger charge is 2.10. The number of ether oxygens (including phenoxy) is 1. The molecular formula is C13H16ClN3O3S. The van der Waals surface area contributed by atoms with E-state index in [2.05, 4.69) is 10.1 Å². The maximum atomic E-state index is 11.2. The highest BCUT2D eigenvalue weighted by molar-refractivity contribution is 7.84. The van der Waals surface area contributed by atoms with Crippen molar-refractivity contribution in [3.05, 3.63) is 41.2 Å². The fourth-order valence-electron chi connectivity index (χ4n) is 1.69. The van der Waals surface area contributed by atoms with Crippen molar-refractivity contribution >= 4 is 22.4 Å². The van der Waals surface area contributed by atoms with Gasteiger partial charge in [-0.1, -0.05) is 29.8 Å². The fourth-order valence-corrected chi connectivity index (χ4v) is 2.29. The number of rotatable bonds is 7. The lowest BCUT2D eigenvalue weighted by Gasteiger charge is -2.11. The molecule has 1 N–H and O–H groups in total. The van der Waals surface area contributed by atoms with Crippen LogP contribution < -0.4 is 0 Å². The summed E-state index contributed by atoms with van der Waals surface area (Å²) in [6, 6.07) is 7.39. The maximum absolute atomic E-state index is 11.2. The first-order chi connectivity index (χ1) is 10.1. The average molecular weight is 330 g/mol. The Morgan fingerprint density at radius 2 is 2.24 bits per heavy atom. The summed E-state index contributed by atoms with van der Waals surface area (Å²) in [5.41, 5.74) is 0.871. The van der Waals surface area contributed by atoms with Crippen LogP contribution in [0.25, 0.3) is 0 Å². The molecule has 1 aromatic carbocycles. The van der Waals surface area contributed by atoms with Gasteiger partial charge in [-0.2, -0.15) is 0 Å². The normalized spacial score (nSPS) is 14.0. The molecule has 1 heterocycles. The third-order valence-corrected chi connectivity index (χ3v) is 3.77. The molecule has 2 aromatic rings. The number of aromatic nitrogens is 3. The van der Waals surface area contributed by atoms with Gasteiger partial charge < -0.3 is 9.84 Å². The summed E-state index contributed by atoms with van der Waals surface area (Å²) in [6.45, 7) is 0.709. The Kier molecular flexibility index (Phi) is 5.86. The summed E-state index contributed by atoms with van der Waals surface area (Å²) in [5.74, 6) is 0. The summed E-state index contributed by atoms with van der Waals surface area (Å²) >= 11 is 6.01. The minimum Gasteiger partial charge on any atom is -0.389 e. The Morgan fingerprint density at radius 3 is 2.90 bits per heavy atom. The summed E-state index contributed by atoms with van der Waals surface area (Å²) in [6.07, 6.45) is 2.21. The van der Waals surface area contributed by atoms with E-state index in [1.165, 1.54) is 17.3 Å². The molecule has 0 amide bonds. The van der Waals surface area contributed by atoms with Crippen molar-refractivity contribution in [1.29, 1.82) is 0 Å². The first-order valence-corrected chi connectivity index (χ1v) is 8.22. The molecule has 0 aliphatic heterocycles. The van der Waals surface area contributed by atoms with Gasteiger partial charge in [-0.15, -0.1) is 5.10 Å². The van der Waals surface area contributed by atoms with Gasteiger partial charge in [0.05, 0.1) is 36.7 Å². The van der Waals surface area contributed by atoms with E-state index >= 15 is 0 Å². The number of nitrogens with zero attached hydrogens (tertiary/aromatic N) is 3. The molecule has 0 aliphatic carbocycles. The topological polar surface area (TPSA) is 77.2 Å². The number of benzene rings is 1. The van der Waals surface area contributed by atoms with Crippen LogP contribution in [0.3, 0.4) is 0 Å². The summed E-state index contributed by atoms with van der Waals surface area (Å²) in [4.78, 5) is 3.89. The number of halogens is 1. The Morgan fingerprint density at radius 1 is 1.48 bits per heavy atom. The van der Waals surface area contributed by atoms with Gasteiger partial charge in [0, 0.05) is 11.3 Å². The molecule has 114 valence electrons. The van der Waals surface area contributed by atoms with Gasteiger partial charge in [-0.3, -0.25) is 4.21 Å². The van der Waals surface area contributed by atoms with Gasteiger partial charge in [0.15, 0.2) is 0 Å². The fraction of sp³-hybridized carbons (Fsp3) is 0.385. The van der Waals surface area contributed by atoms with Crippen LogP contribution in [0.4, 0.5) is 0 Å². The van der Waals surface area contributed by atoms with Gasteiger partial charge in [-0.25, -0.2) is 9.67 Å². The Bertz CT molecular complexity index is 620. The summed E-state index contributed by atoms with van der Waals surface area (Å²) in [5, 5.41) is 14.8. The van der Waals surface area contributed by atoms with Crippen molar-refractivity contribution in [3.8, 4) is 0 Å². The zero-order valence-electron chi connectivity index (χ0n) is 11.5. The minimum absolute atomic E-state index is 0.148. The van der Waals surface area contributed by atoms with E-state index in [-0.39, 0.29) is 18.3 Å². The largest absolute Gasteiger partial charge is 0.389 e. The van der Waals surface area contributed by atoms with Crippen molar-refractivity contribution < 1.29 is 14.1 Å². The molecule has 2 rings (SSSR count). The number of aliphatic hydroxyl groups is 1. The van der Waals surface area contributed by atoms with Crippen molar-refractivity contribution in [3.63, 3.8) is 0 Å². The lowest BCUT2D eigenvalue weighted by Crippen LogP contribution is -2.22. The molecule has 1 aromatic heterocycles. The SMILES string of the molecule is C[S@](=O)c1ncn(C[C@@H](O)COCc2ccccc2Cl)n1. The van der Waals surface area contributed by atoms with E-state index in [1.54, 1.807) is 6.07 Å². The number of aliphatic hydroxyl groups excluding tert-OH is 1. The molecule has 0 saturated heterocycles. The molecule has 0 radical (unpaired) electrons. The van der Waals surface area contributed by atoms with Crippen LogP contribution in [0.5, 0.6) is 0 Å². The van der Waals surface area contributed by atoms with Crippen LogP contribution >= 0.6 is 11.6 Å². The third-order valence-electron chi connectivity index (χ3n) is 2.70. The van der Waals surface area contributed by atoms with Crippen LogP contribution in [0, 0.1) is 0 Å². The number of hydrogen-bond donors (Lipinski definition) is 1. The highest BCUT2D eigenvalue weighted by Crippen LogP contribution is 2.15. The van der Waals surface area contributed by atoms with Crippen LogP contribution in [-0.4, -0.2) is 43.0 Å². The molecule has 0 saturated carbocycles. The van der Waals surface area contributed by atoms with Crippen molar-refractivity contribution in [1.82, 2.24) is 14.8 Å². The summed E-state index contributed by atoms with van der Waals surface area (Å²) in [7, 11) is -1.23. The zero-order valence-corrected chi connectivity index (χ0v) is 13.0. The van der Waals surface area contributed by atoms with E-state index in [0.29, 0.717) is 11.6 Å². The Hall–Kier alpha value is -1.28. The lowest BCUT2D eigenvalue weighted by molar-refractivity contribution is 0.0185. The van der Waals surface area contributed by atoms with Gasteiger partial charge >= 0.3 is 0 Å². The first kappa shape index (κ1) is 16.1. The predicted octanol–water partition coefficient (Wildman–Crippen LogP) is 1.25. The lowest BCUT2D eigenvalue weighted by atomic mass is 10.2. The smallest absolute Gasteiger partial charge is 0.238 e. The van der Waals surface area contributed by atoms with Gasteiger partial charge in [0.1, 0.15) is 6.33 Å². The first-order valence-electron chi connectivity index (χ1n) is 6.28. The van der Waals surface area contributed by atoms with Crippen LogP contribution in [-0.2, 0) is 28.7 Å². The average Bonchev–Trinajstić information content (AvgIpc) is 2.89. The van der Waals surface area contributed by atoms with Crippen LogP contribution in [0.2, 0.25) is 5.02 Å². The minimum atomic E-state index is -1.23. The molecule has 0 fully saturated rings. The second-order valence-electron chi connectivity index (χ2n) is 4.46. The van der Waals surface area contributed by atoms with Crippen molar-refractivity contribution in [2.45, 2.75) is 24.4 Å². The second-order valence-corrected chi connectivity index (χ2v) is 6.14. The van der Waals surface area contributed by atoms with Crippen molar-refractivity contribution in [2.75, 3.05) is 12.9 Å². The quantitative estimate of drug-likeness (QED) is 0.827. The van der Waals surface area contributed by atoms with E-state index in [9.17, 15) is 9.32 Å². The van der Waals surface area contributed by atoms with Gasteiger partial charge in [-0.05, 0) is 11.6 Å². The molecule has 0 aliphatic rings. The molecular weight excluding hydrogens is 314 g/mol. The van der Waals surface area contributed by atoms with E-state index in [1.807, 2.05) is 18.2 Å². The molecule has 6 nitrogen and oxygen atoms in total. The molecule has 0 unspecified atom stereocenters. The summed E-state index contributed by atoms with van der Waals surface area (Å²) < 4.78 is 18.1. The van der Waals surface area contributed by atoms with E-state index in [4.69, 9.17) is 16.3 Å². The Balaban J connectivity index is 1.78. The predicted molar refractivity (Wildman–Crippen MR) is 79.5 cm³/mol. The van der Waals surface area contributed by atoms with Crippen LogP contribution in [0.15, 0.2) is 35.7 Å². The monoisotopic (exact) mass is 329 g/mol. The van der Waals surface area contributed by atoms with E-state index < -0.39 is 16.9 Å². The maximum Gasteiger partial charge on any atom is 0.238 e. The number of hydrogen-bond acceptors (Lipinski definition) is 5. The van der Waals surface area contributed by atoms with Gasteiger partial charge in [0.25, 0.3) is 0 Å². The molecule has 2 atom stereocenters. The van der Waals surface area contributed by atoms with Crippen molar-refractivity contribution in [2.24, 2.45) is 0 Å². The third kappa shape index (κ3) is 4.89. The molecule has 21 heavy (non-hydrogen) atoms. The van der Waals surface area contributed by atoms with Gasteiger partial charge in [0.2, 0.25) is 5.16 Å².